The van der Waals surface area contributed by atoms with Crippen molar-refractivity contribution >= 4 is 39.7 Å². The van der Waals surface area contributed by atoms with Crippen molar-refractivity contribution in [1.29, 1.82) is 0 Å². The highest BCUT2D eigenvalue weighted by Crippen LogP contribution is 2.30. The summed E-state index contributed by atoms with van der Waals surface area (Å²) in [5.74, 6) is -0.292. The Balaban J connectivity index is 1.88. The summed E-state index contributed by atoms with van der Waals surface area (Å²) in [4.78, 5) is 13.7. The van der Waals surface area contributed by atoms with E-state index in [1.54, 1.807) is 12.1 Å². The van der Waals surface area contributed by atoms with E-state index in [0.29, 0.717) is 23.2 Å². The summed E-state index contributed by atoms with van der Waals surface area (Å²) in [7, 11) is 0. The van der Waals surface area contributed by atoms with Gasteiger partial charge in [0, 0.05) is 23.1 Å². The lowest BCUT2D eigenvalue weighted by Crippen LogP contribution is -2.42. The number of rotatable bonds is 4. The number of aromatic hydroxyl groups is 1. The molecule has 1 aromatic rings. The Morgan fingerprint density at radius 3 is 2.95 bits per heavy atom. The predicted octanol–water partition coefficient (Wildman–Crippen LogP) is 1.59. The van der Waals surface area contributed by atoms with Crippen LogP contribution >= 0.6 is 27.5 Å². The van der Waals surface area contributed by atoms with E-state index in [1.165, 1.54) is 6.21 Å². The number of benzene rings is 1. The summed E-state index contributed by atoms with van der Waals surface area (Å²) < 4.78 is 5.92. The van der Waals surface area contributed by atoms with Gasteiger partial charge in [0.2, 0.25) is 0 Å². The van der Waals surface area contributed by atoms with Crippen molar-refractivity contribution in [2.75, 3.05) is 32.8 Å². The van der Waals surface area contributed by atoms with E-state index in [4.69, 9.17) is 16.3 Å². The van der Waals surface area contributed by atoms with Gasteiger partial charge in [-0.3, -0.25) is 9.69 Å². The summed E-state index contributed by atoms with van der Waals surface area (Å²) in [6.45, 7) is 3.02. The number of ether oxygens (including phenoxy) is 1. The number of hydrazone groups is 1. The van der Waals surface area contributed by atoms with Crippen LogP contribution in [0.15, 0.2) is 21.7 Å². The zero-order valence-electron chi connectivity index (χ0n) is 11.2. The molecule has 21 heavy (non-hydrogen) atoms. The largest absolute Gasteiger partial charge is 0.506 e. The van der Waals surface area contributed by atoms with Crippen molar-refractivity contribution in [2.45, 2.75) is 0 Å². The Labute approximate surface area is 135 Å². The number of nitrogens with one attached hydrogen (secondary N) is 1. The summed E-state index contributed by atoms with van der Waals surface area (Å²) in [6, 6.07) is 3.23. The van der Waals surface area contributed by atoms with E-state index in [2.05, 4.69) is 26.5 Å². The summed E-state index contributed by atoms with van der Waals surface area (Å²) in [6.07, 6.45) is 1.35. The summed E-state index contributed by atoms with van der Waals surface area (Å²) >= 11 is 9.11. The molecule has 1 heterocycles. The van der Waals surface area contributed by atoms with Gasteiger partial charge in [-0.2, -0.15) is 5.10 Å². The van der Waals surface area contributed by atoms with E-state index in [1.807, 2.05) is 4.90 Å². The number of hydrogen-bond acceptors (Lipinski definition) is 5. The van der Waals surface area contributed by atoms with Crippen molar-refractivity contribution in [3.63, 3.8) is 0 Å². The normalized spacial score (nSPS) is 16.3. The minimum absolute atomic E-state index is 0.0777. The lowest BCUT2D eigenvalue weighted by Gasteiger charge is -2.25. The molecular weight excluding hydrogens is 362 g/mol. The number of halogens is 2. The SMILES string of the molecule is O=C(CN1CCOCC1)N/N=C\c1cc(Br)cc(Cl)c1O. The first-order valence-corrected chi connectivity index (χ1v) is 7.53. The molecule has 0 saturated carbocycles. The molecule has 2 rings (SSSR count). The maximum absolute atomic E-state index is 11.7. The molecule has 2 N–H and O–H groups in total. The molecule has 0 atom stereocenters. The maximum atomic E-state index is 11.7. The number of morpholine rings is 1. The number of carbonyl (C=O) groups excluding carboxylic acids is 1. The van der Waals surface area contributed by atoms with Gasteiger partial charge in [-0.25, -0.2) is 5.43 Å². The van der Waals surface area contributed by atoms with Gasteiger partial charge in [0.1, 0.15) is 5.75 Å². The molecule has 0 unspecified atom stereocenters. The van der Waals surface area contributed by atoms with Gasteiger partial charge >= 0.3 is 0 Å². The number of hydrogen-bond donors (Lipinski definition) is 2. The van der Waals surface area contributed by atoms with Gasteiger partial charge in [0.25, 0.3) is 5.91 Å². The quantitative estimate of drug-likeness (QED) is 0.618. The molecule has 1 fully saturated rings. The number of phenolic OH excluding ortho intramolecular Hbond substituents is 1. The fourth-order valence-corrected chi connectivity index (χ4v) is 2.69. The van der Waals surface area contributed by atoms with Crippen molar-refractivity contribution in [1.82, 2.24) is 10.3 Å². The zero-order valence-corrected chi connectivity index (χ0v) is 13.5. The predicted molar refractivity (Wildman–Crippen MR) is 83.8 cm³/mol. The molecule has 0 aromatic heterocycles. The first-order chi connectivity index (χ1) is 10.1. The van der Waals surface area contributed by atoms with E-state index in [0.717, 1.165) is 13.1 Å². The average Bonchev–Trinajstić information content (AvgIpc) is 2.45. The molecular formula is C13H15BrClN3O3. The van der Waals surface area contributed by atoms with Gasteiger partial charge in [-0.05, 0) is 12.1 Å². The van der Waals surface area contributed by atoms with Gasteiger partial charge in [-0.1, -0.05) is 27.5 Å². The van der Waals surface area contributed by atoms with Crippen LogP contribution in [0.3, 0.4) is 0 Å². The Kier molecular flexibility index (Phi) is 5.98. The molecule has 1 aliphatic rings. The lowest BCUT2D eigenvalue weighted by molar-refractivity contribution is -0.123. The molecule has 6 nitrogen and oxygen atoms in total. The van der Waals surface area contributed by atoms with Crippen LogP contribution in [0.4, 0.5) is 0 Å². The summed E-state index contributed by atoms with van der Waals surface area (Å²) in [5.41, 5.74) is 2.84. The third-order valence-corrected chi connectivity index (χ3v) is 3.67. The number of nitrogens with zero attached hydrogens (tertiary/aromatic N) is 2. The monoisotopic (exact) mass is 375 g/mol. The van der Waals surface area contributed by atoms with E-state index >= 15 is 0 Å². The second-order valence-corrected chi connectivity index (χ2v) is 5.83. The first kappa shape index (κ1) is 16.2. The van der Waals surface area contributed by atoms with Crippen LogP contribution in [-0.4, -0.2) is 55.0 Å². The maximum Gasteiger partial charge on any atom is 0.254 e. The highest BCUT2D eigenvalue weighted by atomic mass is 79.9. The number of carbonyl (C=O) groups is 1. The molecule has 114 valence electrons. The third kappa shape index (κ3) is 4.96. The topological polar surface area (TPSA) is 74.2 Å². The minimum atomic E-state index is -0.214. The Bertz CT molecular complexity index is 548. The lowest BCUT2D eigenvalue weighted by atomic mass is 10.2. The van der Waals surface area contributed by atoms with Crippen molar-refractivity contribution < 1.29 is 14.6 Å². The van der Waals surface area contributed by atoms with Crippen LogP contribution in [0.2, 0.25) is 5.02 Å². The Morgan fingerprint density at radius 2 is 2.24 bits per heavy atom. The van der Waals surface area contributed by atoms with Crippen LogP contribution < -0.4 is 5.43 Å². The number of amides is 1. The first-order valence-electron chi connectivity index (χ1n) is 6.36. The molecule has 8 heteroatoms. The highest BCUT2D eigenvalue weighted by Gasteiger charge is 2.13. The van der Waals surface area contributed by atoms with Crippen molar-refractivity contribution in [3.05, 3.63) is 27.2 Å². The van der Waals surface area contributed by atoms with E-state index in [9.17, 15) is 9.90 Å². The molecule has 1 saturated heterocycles. The fraction of sp³-hybridized carbons (Fsp3) is 0.385. The second kappa shape index (κ2) is 7.74. The Morgan fingerprint density at radius 1 is 1.52 bits per heavy atom. The molecule has 0 bridgehead atoms. The standard InChI is InChI=1S/C13H15BrClN3O3/c14-10-5-9(13(20)11(15)6-10)7-16-17-12(19)8-18-1-3-21-4-2-18/h5-7,20H,1-4,8H2,(H,17,19)/b16-7-. The van der Waals surface area contributed by atoms with Gasteiger partial charge < -0.3 is 9.84 Å². The molecule has 1 aliphatic heterocycles. The third-order valence-electron chi connectivity index (χ3n) is 2.92. The summed E-state index contributed by atoms with van der Waals surface area (Å²) in [5, 5.41) is 13.8. The van der Waals surface area contributed by atoms with Crippen LogP contribution in [0.25, 0.3) is 0 Å². The van der Waals surface area contributed by atoms with Crippen LogP contribution in [0, 0.1) is 0 Å². The Hall–Kier alpha value is -1.15. The van der Waals surface area contributed by atoms with E-state index < -0.39 is 0 Å². The van der Waals surface area contributed by atoms with Crippen molar-refractivity contribution in [3.8, 4) is 5.75 Å². The fourth-order valence-electron chi connectivity index (χ4n) is 1.86. The van der Waals surface area contributed by atoms with Crippen LogP contribution in [0.1, 0.15) is 5.56 Å². The average molecular weight is 377 g/mol. The van der Waals surface area contributed by atoms with E-state index in [-0.39, 0.29) is 23.2 Å². The molecule has 0 aliphatic carbocycles. The van der Waals surface area contributed by atoms with Gasteiger partial charge in [0.15, 0.2) is 0 Å². The van der Waals surface area contributed by atoms with Gasteiger partial charge in [0.05, 0.1) is 31.0 Å². The second-order valence-electron chi connectivity index (χ2n) is 4.51. The molecule has 1 amide bonds. The minimum Gasteiger partial charge on any atom is -0.506 e. The van der Waals surface area contributed by atoms with Gasteiger partial charge in [-0.15, -0.1) is 0 Å². The highest BCUT2D eigenvalue weighted by molar-refractivity contribution is 9.10. The van der Waals surface area contributed by atoms with Crippen molar-refractivity contribution in [2.24, 2.45) is 5.10 Å². The number of phenols is 1. The molecule has 0 spiro atoms. The van der Waals surface area contributed by atoms with Crippen LogP contribution in [0.5, 0.6) is 5.75 Å². The smallest absolute Gasteiger partial charge is 0.254 e. The molecule has 1 aromatic carbocycles. The zero-order chi connectivity index (χ0) is 15.2. The molecule has 0 radical (unpaired) electrons. The van der Waals surface area contributed by atoms with Crippen LogP contribution in [-0.2, 0) is 9.53 Å².